The van der Waals surface area contributed by atoms with Gasteiger partial charge in [-0.15, -0.1) is 6.58 Å². The van der Waals surface area contributed by atoms with Crippen LogP contribution in [0, 0.1) is 6.92 Å². The lowest BCUT2D eigenvalue weighted by Gasteiger charge is -2.45. The fraction of sp³-hybridized carbons (Fsp3) is 0.526. The Bertz CT molecular complexity index is 568. The lowest BCUT2D eigenvalue weighted by atomic mass is 9.86. The molecule has 2 fully saturated rings. The molecule has 0 saturated carbocycles. The summed E-state index contributed by atoms with van der Waals surface area (Å²) >= 11 is 0. The van der Waals surface area contributed by atoms with Crippen LogP contribution in [0.15, 0.2) is 36.9 Å². The molecule has 2 saturated heterocycles. The van der Waals surface area contributed by atoms with Gasteiger partial charge in [-0.2, -0.15) is 0 Å². The first-order valence-corrected chi connectivity index (χ1v) is 8.61. The van der Waals surface area contributed by atoms with Gasteiger partial charge in [0.25, 0.3) is 0 Å². The summed E-state index contributed by atoms with van der Waals surface area (Å²) in [5, 5.41) is 3.04. The molecule has 2 aliphatic rings. The number of nitrogens with one attached hydrogen (secondary N) is 1. The summed E-state index contributed by atoms with van der Waals surface area (Å²) in [5.74, 6) is 0. The third kappa shape index (κ3) is 3.42. The first kappa shape index (κ1) is 16.1. The van der Waals surface area contributed by atoms with E-state index in [2.05, 4.69) is 16.8 Å². The fourth-order valence-corrected chi connectivity index (χ4v) is 4.02. The monoisotopic (exact) mass is 313 g/mol. The molecule has 4 heteroatoms. The van der Waals surface area contributed by atoms with E-state index in [0.717, 1.165) is 38.3 Å². The summed E-state index contributed by atoms with van der Waals surface area (Å²) in [6, 6.07) is 8.00. The number of likely N-dealkylation sites (tertiary alicyclic amines) is 2. The Labute approximate surface area is 139 Å². The Morgan fingerprint density at radius 1 is 1.26 bits per heavy atom. The van der Waals surface area contributed by atoms with Crippen LogP contribution in [0.5, 0.6) is 0 Å². The summed E-state index contributed by atoms with van der Waals surface area (Å²) in [6.07, 6.45) is 6.67. The number of amides is 2. The number of rotatable bonds is 3. The summed E-state index contributed by atoms with van der Waals surface area (Å²) in [5.41, 5.74) is 2.23. The van der Waals surface area contributed by atoms with Gasteiger partial charge < -0.3 is 10.2 Å². The van der Waals surface area contributed by atoms with Crippen LogP contribution in [0.3, 0.4) is 0 Å². The number of hydrogen-bond donors (Lipinski definition) is 1. The van der Waals surface area contributed by atoms with E-state index in [4.69, 9.17) is 0 Å². The van der Waals surface area contributed by atoms with Crippen molar-refractivity contribution in [2.45, 2.75) is 38.1 Å². The zero-order chi connectivity index (χ0) is 16.3. The average molecular weight is 313 g/mol. The van der Waals surface area contributed by atoms with Crippen LogP contribution >= 0.6 is 0 Å². The number of nitrogens with zero attached hydrogens (tertiary/aromatic N) is 2. The molecule has 0 aromatic heterocycles. The van der Waals surface area contributed by atoms with Crippen LogP contribution in [0.1, 0.15) is 31.2 Å². The van der Waals surface area contributed by atoms with Gasteiger partial charge in [-0.1, -0.05) is 23.8 Å². The molecule has 2 aliphatic heterocycles. The summed E-state index contributed by atoms with van der Waals surface area (Å²) in [7, 11) is 0. The molecule has 23 heavy (non-hydrogen) atoms. The van der Waals surface area contributed by atoms with Gasteiger partial charge in [-0.25, -0.2) is 4.79 Å². The molecule has 1 atom stereocenters. The smallest absolute Gasteiger partial charge is 0.321 e. The molecule has 4 nitrogen and oxygen atoms in total. The number of benzene rings is 1. The molecule has 2 heterocycles. The predicted octanol–water partition coefficient (Wildman–Crippen LogP) is 3.64. The maximum absolute atomic E-state index is 12.6. The molecule has 124 valence electrons. The molecular weight excluding hydrogens is 286 g/mol. The lowest BCUT2D eigenvalue weighted by Crippen LogP contribution is -2.57. The van der Waals surface area contributed by atoms with Crippen molar-refractivity contribution in [3.63, 3.8) is 0 Å². The van der Waals surface area contributed by atoms with Crippen LogP contribution in [-0.2, 0) is 0 Å². The van der Waals surface area contributed by atoms with Crippen molar-refractivity contribution in [3.8, 4) is 0 Å². The van der Waals surface area contributed by atoms with Gasteiger partial charge in [0.05, 0.1) is 0 Å². The van der Waals surface area contributed by atoms with Gasteiger partial charge in [0.2, 0.25) is 0 Å². The normalized spacial score (nSPS) is 24.8. The van der Waals surface area contributed by atoms with E-state index < -0.39 is 0 Å². The number of aryl methyl sites for hydroxylation is 1. The molecule has 0 radical (unpaired) electrons. The van der Waals surface area contributed by atoms with E-state index >= 15 is 0 Å². The van der Waals surface area contributed by atoms with E-state index in [1.54, 1.807) is 0 Å². The average Bonchev–Trinajstić information content (AvgIpc) is 2.92. The molecule has 0 aliphatic carbocycles. The first-order chi connectivity index (χ1) is 11.1. The molecule has 1 N–H and O–H groups in total. The Morgan fingerprint density at radius 2 is 1.96 bits per heavy atom. The number of hydrogen-bond acceptors (Lipinski definition) is 2. The largest absolute Gasteiger partial charge is 0.323 e. The number of carbonyl (C=O) groups is 1. The maximum atomic E-state index is 12.6. The highest BCUT2D eigenvalue weighted by Gasteiger charge is 2.44. The molecule has 1 unspecified atom stereocenters. The van der Waals surface area contributed by atoms with E-state index in [9.17, 15) is 4.79 Å². The molecule has 0 bridgehead atoms. The van der Waals surface area contributed by atoms with Crippen LogP contribution in [0.4, 0.5) is 10.5 Å². The highest BCUT2D eigenvalue weighted by Crippen LogP contribution is 2.37. The lowest BCUT2D eigenvalue weighted by molar-refractivity contribution is 0.0670. The predicted molar refractivity (Wildman–Crippen MR) is 94.7 cm³/mol. The van der Waals surface area contributed by atoms with E-state index in [1.807, 2.05) is 42.2 Å². The van der Waals surface area contributed by atoms with Crippen LogP contribution in [0.25, 0.3) is 0 Å². The highest BCUT2D eigenvalue weighted by molar-refractivity contribution is 5.89. The SMILES string of the molecule is C=CCN1CCCC12CCCN(C(=O)Nc1ccc(C)cc1)C2. The second-order valence-corrected chi connectivity index (χ2v) is 6.88. The van der Waals surface area contributed by atoms with Crippen molar-refractivity contribution in [1.82, 2.24) is 9.80 Å². The minimum Gasteiger partial charge on any atom is -0.323 e. The second-order valence-electron chi connectivity index (χ2n) is 6.88. The van der Waals surface area contributed by atoms with E-state index in [-0.39, 0.29) is 11.6 Å². The van der Waals surface area contributed by atoms with Gasteiger partial charge in [0.1, 0.15) is 0 Å². The van der Waals surface area contributed by atoms with Crippen molar-refractivity contribution >= 4 is 11.7 Å². The number of urea groups is 1. The minimum absolute atomic E-state index is 0.0263. The standard InChI is InChI=1S/C19H27N3O/c1-3-12-22-14-5-11-19(22)10-4-13-21(15-19)18(23)20-17-8-6-16(2)7-9-17/h3,6-9H,1,4-5,10-15H2,2H3,(H,20,23). The Hall–Kier alpha value is -1.81. The van der Waals surface area contributed by atoms with Crippen LogP contribution in [0.2, 0.25) is 0 Å². The molecule has 1 aromatic rings. The molecular formula is C19H27N3O. The molecule has 1 aromatic carbocycles. The van der Waals surface area contributed by atoms with Gasteiger partial charge in [0, 0.05) is 30.9 Å². The second kappa shape index (κ2) is 6.75. The van der Waals surface area contributed by atoms with Crippen LogP contribution < -0.4 is 5.32 Å². The first-order valence-electron chi connectivity index (χ1n) is 8.61. The zero-order valence-corrected chi connectivity index (χ0v) is 14.1. The molecule has 3 rings (SSSR count). The van der Waals surface area contributed by atoms with Gasteiger partial charge in [-0.05, 0) is 51.3 Å². The molecule has 2 amide bonds. The summed E-state index contributed by atoms with van der Waals surface area (Å²) < 4.78 is 0. The third-order valence-electron chi connectivity index (χ3n) is 5.24. The quantitative estimate of drug-likeness (QED) is 0.865. The topological polar surface area (TPSA) is 35.6 Å². The summed E-state index contributed by atoms with van der Waals surface area (Å²) in [6.45, 7) is 9.66. The number of anilines is 1. The van der Waals surface area contributed by atoms with Crippen molar-refractivity contribution in [2.75, 3.05) is 31.5 Å². The Balaban J connectivity index is 1.67. The van der Waals surface area contributed by atoms with Gasteiger partial charge in [-0.3, -0.25) is 4.90 Å². The maximum Gasteiger partial charge on any atom is 0.321 e. The van der Waals surface area contributed by atoms with Gasteiger partial charge in [0.15, 0.2) is 0 Å². The number of piperidine rings is 1. The number of carbonyl (C=O) groups excluding carboxylic acids is 1. The fourth-order valence-electron chi connectivity index (χ4n) is 4.02. The van der Waals surface area contributed by atoms with Crippen molar-refractivity contribution in [2.24, 2.45) is 0 Å². The van der Waals surface area contributed by atoms with Crippen molar-refractivity contribution < 1.29 is 4.79 Å². The van der Waals surface area contributed by atoms with Crippen molar-refractivity contribution in [1.29, 1.82) is 0 Å². The minimum atomic E-state index is 0.0263. The molecule has 1 spiro atoms. The van der Waals surface area contributed by atoms with Crippen molar-refractivity contribution in [3.05, 3.63) is 42.5 Å². The Kier molecular flexibility index (Phi) is 4.71. The summed E-state index contributed by atoms with van der Waals surface area (Å²) in [4.78, 5) is 17.1. The third-order valence-corrected chi connectivity index (χ3v) is 5.24. The van der Waals surface area contributed by atoms with Gasteiger partial charge >= 0.3 is 6.03 Å². The highest BCUT2D eigenvalue weighted by atomic mass is 16.2. The Morgan fingerprint density at radius 3 is 2.65 bits per heavy atom. The van der Waals surface area contributed by atoms with E-state index in [1.165, 1.54) is 24.8 Å². The zero-order valence-electron chi connectivity index (χ0n) is 14.1. The van der Waals surface area contributed by atoms with Crippen LogP contribution in [-0.4, -0.2) is 47.5 Å². The van der Waals surface area contributed by atoms with E-state index in [0.29, 0.717) is 0 Å².